The van der Waals surface area contributed by atoms with Crippen molar-refractivity contribution in [2.24, 2.45) is 0 Å². The predicted molar refractivity (Wildman–Crippen MR) is 102 cm³/mol. The maximum atomic E-state index is 13.4. The van der Waals surface area contributed by atoms with E-state index in [0.717, 1.165) is 29.3 Å². The van der Waals surface area contributed by atoms with E-state index in [0.29, 0.717) is 13.0 Å². The van der Waals surface area contributed by atoms with Crippen LogP contribution in [0.3, 0.4) is 0 Å². The van der Waals surface area contributed by atoms with Crippen LogP contribution in [0.5, 0.6) is 0 Å². The Morgan fingerprint density at radius 2 is 1.82 bits per heavy atom. The van der Waals surface area contributed by atoms with E-state index in [2.05, 4.69) is 5.43 Å². The molecule has 0 spiro atoms. The standard InChI is InChI=1S/C22H24F2N2O2/c1-4-17-18-7-5-6-8-19(18)22(2,3)13-26(21(17)28)25-20(27)11-14-9-15(23)12-16(24)10-14/h5-10,12,17H,4,11,13H2,1-3H3,(H,25,27). The van der Waals surface area contributed by atoms with Crippen LogP contribution in [-0.2, 0) is 21.4 Å². The van der Waals surface area contributed by atoms with E-state index in [1.807, 2.05) is 45.0 Å². The molecule has 0 saturated heterocycles. The summed E-state index contributed by atoms with van der Waals surface area (Å²) in [6.07, 6.45) is 0.385. The minimum Gasteiger partial charge on any atom is -0.273 e. The van der Waals surface area contributed by atoms with E-state index in [9.17, 15) is 18.4 Å². The van der Waals surface area contributed by atoms with E-state index in [4.69, 9.17) is 0 Å². The largest absolute Gasteiger partial charge is 0.273 e. The van der Waals surface area contributed by atoms with Crippen LogP contribution in [0.1, 0.15) is 49.8 Å². The van der Waals surface area contributed by atoms with Crippen LogP contribution in [-0.4, -0.2) is 23.4 Å². The van der Waals surface area contributed by atoms with Crippen molar-refractivity contribution in [1.29, 1.82) is 0 Å². The van der Waals surface area contributed by atoms with Crippen molar-refractivity contribution in [2.75, 3.05) is 6.54 Å². The molecule has 0 radical (unpaired) electrons. The Morgan fingerprint density at radius 3 is 2.46 bits per heavy atom. The van der Waals surface area contributed by atoms with Gasteiger partial charge in [-0.05, 0) is 35.2 Å². The number of nitrogens with zero attached hydrogens (tertiary/aromatic N) is 1. The van der Waals surface area contributed by atoms with Gasteiger partial charge in [-0.3, -0.25) is 20.0 Å². The third-order valence-electron chi connectivity index (χ3n) is 5.14. The number of carbonyl (C=O) groups excluding carboxylic acids is 2. The molecule has 148 valence electrons. The molecule has 0 aliphatic carbocycles. The first-order chi connectivity index (χ1) is 13.2. The molecule has 1 aliphatic rings. The molecular formula is C22H24F2N2O2. The average Bonchev–Trinajstić information content (AvgIpc) is 2.67. The maximum absolute atomic E-state index is 13.4. The summed E-state index contributed by atoms with van der Waals surface area (Å²) in [5.74, 6) is -2.51. The van der Waals surface area contributed by atoms with Crippen molar-refractivity contribution in [1.82, 2.24) is 10.4 Å². The second-order valence-corrected chi connectivity index (χ2v) is 7.85. The molecule has 1 aliphatic heterocycles. The maximum Gasteiger partial charge on any atom is 0.248 e. The molecule has 0 saturated carbocycles. The lowest BCUT2D eigenvalue weighted by Crippen LogP contribution is -2.51. The van der Waals surface area contributed by atoms with Gasteiger partial charge < -0.3 is 0 Å². The van der Waals surface area contributed by atoms with Crippen LogP contribution < -0.4 is 5.43 Å². The Morgan fingerprint density at radius 1 is 1.18 bits per heavy atom. The molecule has 0 fully saturated rings. The summed E-state index contributed by atoms with van der Waals surface area (Å²) in [5, 5.41) is 1.35. The number of rotatable bonds is 4. The Labute approximate surface area is 163 Å². The number of amides is 2. The van der Waals surface area contributed by atoms with Crippen LogP contribution in [0.4, 0.5) is 8.78 Å². The second kappa shape index (κ2) is 7.70. The van der Waals surface area contributed by atoms with Gasteiger partial charge >= 0.3 is 0 Å². The van der Waals surface area contributed by atoms with Crippen LogP contribution in [0.15, 0.2) is 42.5 Å². The Bertz CT molecular complexity index is 891. The molecule has 4 nitrogen and oxygen atoms in total. The van der Waals surface area contributed by atoms with Gasteiger partial charge in [-0.1, -0.05) is 45.0 Å². The lowest BCUT2D eigenvalue weighted by molar-refractivity contribution is -0.143. The summed E-state index contributed by atoms with van der Waals surface area (Å²) >= 11 is 0. The molecule has 0 aromatic heterocycles. The van der Waals surface area contributed by atoms with Crippen LogP contribution in [0.2, 0.25) is 0 Å². The molecule has 2 aromatic rings. The lowest BCUT2D eigenvalue weighted by Gasteiger charge is -2.31. The van der Waals surface area contributed by atoms with E-state index in [1.165, 1.54) is 5.01 Å². The van der Waals surface area contributed by atoms with Crippen molar-refractivity contribution < 1.29 is 18.4 Å². The monoisotopic (exact) mass is 386 g/mol. The summed E-state index contributed by atoms with van der Waals surface area (Å²) in [6.45, 7) is 6.30. The number of hydrogen-bond donors (Lipinski definition) is 1. The highest BCUT2D eigenvalue weighted by molar-refractivity contribution is 5.88. The smallest absolute Gasteiger partial charge is 0.248 e. The SMILES string of the molecule is CCC1C(=O)N(NC(=O)Cc2cc(F)cc(F)c2)CC(C)(C)c2ccccc21. The number of nitrogens with one attached hydrogen (secondary N) is 1. The van der Waals surface area contributed by atoms with E-state index in [-0.39, 0.29) is 29.2 Å². The highest BCUT2D eigenvalue weighted by atomic mass is 19.1. The minimum atomic E-state index is -0.740. The summed E-state index contributed by atoms with van der Waals surface area (Å²) in [6, 6.07) is 10.8. The summed E-state index contributed by atoms with van der Waals surface area (Å²) in [7, 11) is 0. The van der Waals surface area contributed by atoms with Gasteiger partial charge in [0.15, 0.2) is 0 Å². The van der Waals surface area contributed by atoms with Gasteiger partial charge in [0.1, 0.15) is 11.6 Å². The highest BCUT2D eigenvalue weighted by Crippen LogP contribution is 2.37. The van der Waals surface area contributed by atoms with Gasteiger partial charge in [0.25, 0.3) is 0 Å². The lowest BCUT2D eigenvalue weighted by atomic mass is 9.79. The van der Waals surface area contributed by atoms with E-state index >= 15 is 0 Å². The topological polar surface area (TPSA) is 49.4 Å². The van der Waals surface area contributed by atoms with Gasteiger partial charge in [-0.2, -0.15) is 0 Å². The number of hydrazine groups is 1. The highest BCUT2D eigenvalue weighted by Gasteiger charge is 2.38. The van der Waals surface area contributed by atoms with Crippen molar-refractivity contribution >= 4 is 11.8 Å². The van der Waals surface area contributed by atoms with Gasteiger partial charge in [-0.15, -0.1) is 0 Å². The van der Waals surface area contributed by atoms with Crippen molar-refractivity contribution in [3.05, 3.63) is 70.8 Å². The van der Waals surface area contributed by atoms with Crippen molar-refractivity contribution in [2.45, 2.75) is 44.9 Å². The summed E-state index contributed by atoms with van der Waals surface area (Å²) < 4.78 is 26.7. The van der Waals surface area contributed by atoms with E-state index in [1.54, 1.807) is 0 Å². The number of hydrogen-bond acceptors (Lipinski definition) is 2. The zero-order valence-electron chi connectivity index (χ0n) is 16.3. The van der Waals surface area contributed by atoms with Crippen LogP contribution >= 0.6 is 0 Å². The Kier molecular flexibility index (Phi) is 5.49. The minimum absolute atomic E-state index is 0.181. The zero-order valence-corrected chi connectivity index (χ0v) is 16.3. The van der Waals surface area contributed by atoms with Gasteiger partial charge in [0.05, 0.1) is 18.9 Å². The molecule has 1 heterocycles. The van der Waals surface area contributed by atoms with Gasteiger partial charge in [-0.25, -0.2) is 8.78 Å². The number of fused-ring (bicyclic) bond motifs is 1. The fourth-order valence-corrected chi connectivity index (χ4v) is 3.87. The number of benzene rings is 2. The summed E-state index contributed by atoms with van der Waals surface area (Å²) in [5.41, 5.74) is 4.56. The normalized spacial score (nSPS) is 18.4. The second-order valence-electron chi connectivity index (χ2n) is 7.85. The van der Waals surface area contributed by atoms with Crippen LogP contribution in [0, 0.1) is 11.6 Å². The van der Waals surface area contributed by atoms with E-state index < -0.39 is 17.5 Å². The molecule has 28 heavy (non-hydrogen) atoms. The Balaban J connectivity index is 1.84. The third-order valence-corrected chi connectivity index (χ3v) is 5.14. The third kappa shape index (κ3) is 4.06. The molecule has 2 amide bonds. The molecule has 0 bridgehead atoms. The molecule has 1 N–H and O–H groups in total. The molecular weight excluding hydrogens is 362 g/mol. The fourth-order valence-electron chi connectivity index (χ4n) is 3.87. The predicted octanol–water partition coefficient (Wildman–Crippen LogP) is 3.85. The first-order valence-electron chi connectivity index (χ1n) is 9.36. The summed E-state index contributed by atoms with van der Waals surface area (Å²) in [4.78, 5) is 25.6. The molecule has 2 aromatic carbocycles. The molecule has 3 rings (SSSR count). The first-order valence-corrected chi connectivity index (χ1v) is 9.36. The van der Waals surface area contributed by atoms with Crippen molar-refractivity contribution in [3.63, 3.8) is 0 Å². The van der Waals surface area contributed by atoms with Gasteiger partial charge in [0.2, 0.25) is 11.8 Å². The first kappa shape index (κ1) is 20.0. The fraction of sp³-hybridized carbons (Fsp3) is 0.364. The molecule has 6 heteroatoms. The number of halogens is 2. The number of carbonyl (C=O) groups is 2. The molecule has 1 atom stereocenters. The van der Waals surface area contributed by atoms with Gasteiger partial charge in [0, 0.05) is 11.5 Å². The Hall–Kier alpha value is -2.76. The zero-order chi connectivity index (χ0) is 20.5. The van der Waals surface area contributed by atoms with Crippen LogP contribution in [0.25, 0.3) is 0 Å². The van der Waals surface area contributed by atoms with Crippen molar-refractivity contribution in [3.8, 4) is 0 Å². The average molecular weight is 386 g/mol. The molecule has 1 unspecified atom stereocenters. The quantitative estimate of drug-likeness (QED) is 0.868.